The van der Waals surface area contributed by atoms with Gasteiger partial charge in [0.1, 0.15) is 6.61 Å². The molecule has 1 aromatic carbocycles. The minimum Gasteiger partial charge on any atom is -0.490 e. The third-order valence-electron chi connectivity index (χ3n) is 3.04. The number of benzene rings is 1. The van der Waals surface area contributed by atoms with E-state index in [9.17, 15) is 5.11 Å². The van der Waals surface area contributed by atoms with Gasteiger partial charge in [-0.25, -0.2) is 0 Å². The molecule has 0 aliphatic rings. The number of rotatable bonds is 8. The van der Waals surface area contributed by atoms with Crippen LogP contribution in [0.2, 0.25) is 0 Å². The molecule has 0 spiro atoms. The molecular weight excluding hydrogens is 322 g/mol. The largest absolute Gasteiger partial charge is 0.490 e. The Morgan fingerprint density at radius 3 is 2.55 bits per heavy atom. The number of aliphatic hydroxyl groups is 1. The van der Waals surface area contributed by atoms with Crippen LogP contribution in [-0.4, -0.2) is 31.0 Å². The minimum absolute atomic E-state index is 0.230. The Bertz CT molecular complexity index is 435. The maximum Gasteiger partial charge on any atom is 0.175 e. The lowest BCUT2D eigenvalue weighted by Gasteiger charge is -2.23. The second-order valence-electron chi connectivity index (χ2n) is 5.01. The smallest absolute Gasteiger partial charge is 0.175 e. The van der Waals surface area contributed by atoms with Gasteiger partial charge in [0.15, 0.2) is 11.5 Å². The molecule has 5 heteroatoms. The van der Waals surface area contributed by atoms with Gasteiger partial charge in [0, 0.05) is 6.54 Å². The second-order valence-corrected chi connectivity index (χ2v) is 5.86. The molecule has 114 valence electrons. The molecule has 1 rings (SSSR count). The summed E-state index contributed by atoms with van der Waals surface area (Å²) in [4.78, 5) is 0. The average molecular weight is 346 g/mol. The Morgan fingerprint density at radius 1 is 1.30 bits per heavy atom. The second kappa shape index (κ2) is 7.86. The van der Waals surface area contributed by atoms with Crippen LogP contribution < -0.4 is 14.8 Å². The van der Waals surface area contributed by atoms with Gasteiger partial charge in [-0.05, 0) is 60.9 Å². The Hall–Kier alpha value is -0.780. The number of hydrogen-bond donors (Lipinski definition) is 2. The van der Waals surface area contributed by atoms with Gasteiger partial charge in [-0.2, -0.15) is 0 Å². The van der Waals surface area contributed by atoms with Crippen molar-refractivity contribution in [2.45, 2.75) is 39.3 Å². The van der Waals surface area contributed by atoms with Crippen LogP contribution in [0.25, 0.3) is 0 Å². The van der Waals surface area contributed by atoms with Crippen LogP contribution in [0.1, 0.15) is 32.8 Å². The molecule has 0 aromatic heterocycles. The van der Waals surface area contributed by atoms with E-state index in [0.29, 0.717) is 24.5 Å². The van der Waals surface area contributed by atoms with E-state index in [1.165, 1.54) is 0 Å². The lowest BCUT2D eigenvalue weighted by atomic mass is 10.1. The molecular formula is C15H24BrNO3. The fraction of sp³-hybridized carbons (Fsp3) is 0.600. The molecule has 0 heterocycles. The van der Waals surface area contributed by atoms with Crippen LogP contribution in [-0.2, 0) is 6.54 Å². The number of nitrogens with one attached hydrogen (secondary N) is 1. The third kappa shape index (κ3) is 4.96. The summed E-state index contributed by atoms with van der Waals surface area (Å²) in [6.45, 7) is 7.17. The van der Waals surface area contributed by atoms with E-state index in [1.807, 2.05) is 33.0 Å². The SMILES string of the molecule is CCOc1cc(CNC)cc(Br)c1OCC(C)(O)CC. The fourth-order valence-corrected chi connectivity index (χ4v) is 2.26. The van der Waals surface area contributed by atoms with Crippen molar-refractivity contribution in [1.82, 2.24) is 5.32 Å². The first-order valence-electron chi connectivity index (χ1n) is 6.88. The molecule has 0 fully saturated rings. The molecule has 0 saturated heterocycles. The zero-order valence-electron chi connectivity index (χ0n) is 12.6. The highest BCUT2D eigenvalue weighted by atomic mass is 79.9. The predicted octanol–water partition coefficient (Wildman–Crippen LogP) is 3.11. The number of hydrogen-bond acceptors (Lipinski definition) is 4. The van der Waals surface area contributed by atoms with Gasteiger partial charge in [-0.15, -0.1) is 0 Å². The van der Waals surface area contributed by atoms with E-state index in [-0.39, 0.29) is 6.61 Å². The summed E-state index contributed by atoms with van der Waals surface area (Å²) in [7, 11) is 1.90. The molecule has 1 atom stereocenters. The summed E-state index contributed by atoms with van der Waals surface area (Å²) in [6, 6.07) is 3.95. The first kappa shape index (κ1) is 17.3. The normalized spacial score (nSPS) is 13.9. The molecule has 0 aliphatic carbocycles. The summed E-state index contributed by atoms with van der Waals surface area (Å²) in [5, 5.41) is 13.2. The van der Waals surface area contributed by atoms with E-state index in [1.54, 1.807) is 6.92 Å². The van der Waals surface area contributed by atoms with Gasteiger partial charge in [0.05, 0.1) is 16.7 Å². The highest BCUT2D eigenvalue weighted by Gasteiger charge is 2.21. The summed E-state index contributed by atoms with van der Waals surface area (Å²) in [6.07, 6.45) is 0.631. The van der Waals surface area contributed by atoms with Crippen LogP contribution in [0.5, 0.6) is 11.5 Å². The molecule has 0 amide bonds. The van der Waals surface area contributed by atoms with E-state index < -0.39 is 5.60 Å². The average Bonchev–Trinajstić information content (AvgIpc) is 2.38. The van der Waals surface area contributed by atoms with Gasteiger partial charge in [-0.3, -0.25) is 0 Å². The molecule has 0 saturated carbocycles. The van der Waals surface area contributed by atoms with Crippen LogP contribution in [0, 0.1) is 0 Å². The number of halogens is 1. The van der Waals surface area contributed by atoms with Crippen molar-refractivity contribution in [2.24, 2.45) is 0 Å². The highest BCUT2D eigenvalue weighted by molar-refractivity contribution is 9.10. The van der Waals surface area contributed by atoms with Crippen molar-refractivity contribution < 1.29 is 14.6 Å². The van der Waals surface area contributed by atoms with Crippen LogP contribution in [0.15, 0.2) is 16.6 Å². The topological polar surface area (TPSA) is 50.7 Å². The molecule has 1 unspecified atom stereocenters. The lowest BCUT2D eigenvalue weighted by Crippen LogP contribution is -2.31. The van der Waals surface area contributed by atoms with Crippen molar-refractivity contribution >= 4 is 15.9 Å². The summed E-state index contributed by atoms with van der Waals surface area (Å²) in [5.74, 6) is 1.33. The maximum absolute atomic E-state index is 10.0. The van der Waals surface area contributed by atoms with Gasteiger partial charge >= 0.3 is 0 Å². The summed E-state index contributed by atoms with van der Waals surface area (Å²) < 4.78 is 12.2. The number of ether oxygens (including phenoxy) is 2. The highest BCUT2D eigenvalue weighted by Crippen LogP contribution is 2.37. The van der Waals surface area contributed by atoms with Crippen molar-refractivity contribution in [3.8, 4) is 11.5 Å². The van der Waals surface area contributed by atoms with Crippen molar-refractivity contribution in [2.75, 3.05) is 20.3 Å². The minimum atomic E-state index is -0.841. The zero-order valence-corrected chi connectivity index (χ0v) is 14.2. The molecule has 2 N–H and O–H groups in total. The van der Waals surface area contributed by atoms with Gasteiger partial charge < -0.3 is 19.9 Å². The Labute approximate surface area is 129 Å². The van der Waals surface area contributed by atoms with Crippen molar-refractivity contribution in [3.63, 3.8) is 0 Å². The molecule has 0 bridgehead atoms. The van der Waals surface area contributed by atoms with Gasteiger partial charge in [0.2, 0.25) is 0 Å². The van der Waals surface area contributed by atoms with Crippen LogP contribution >= 0.6 is 15.9 Å². The first-order chi connectivity index (χ1) is 9.43. The van der Waals surface area contributed by atoms with E-state index >= 15 is 0 Å². The Morgan fingerprint density at radius 2 is 2.00 bits per heavy atom. The van der Waals surface area contributed by atoms with Crippen molar-refractivity contribution in [3.05, 3.63) is 22.2 Å². The van der Waals surface area contributed by atoms with Crippen LogP contribution in [0.4, 0.5) is 0 Å². The lowest BCUT2D eigenvalue weighted by molar-refractivity contribution is 0.00736. The van der Waals surface area contributed by atoms with Gasteiger partial charge in [0.25, 0.3) is 0 Å². The van der Waals surface area contributed by atoms with E-state index in [2.05, 4.69) is 21.2 Å². The summed E-state index contributed by atoms with van der Waals surface area (Å²) >= 11 is 3.51. The summed E-state index contributed by atoms with van der Waals surface area (Å²) in [5.41, 5.74) is 0.268. The third-order valence-corrected chi connectivity index (χ3v) is 3.63. The zero-order chi connectivity index (χ0) is 15.2. The van der Waals surface area contributed by atoms with Crippen molar-refractivity contribution in [1.29, 1.82) is 0 Å². The molecule has 0 aliphatic heterocycles. The van der Waals surface area contributed by atoms with E-state index in [4.69, 9.17) is 9.47 Å². The quantitative estimate of drug-likeness (QED) is 0.760. The Kier molecular flexibility index (Phi) is 6.79. The molecule has 4 nitrogen and oxygen atoms in total. The van der Waals surface area contributed by atoms with Gasteiger partial charge in [-0.1, -0.05) is 6.92 Å². The fourth-order valence-electron chi connectivity index (χ4n) is 1.66. The maximum atomic E-state index is 10.0. The first-order valence-corrected chi connectivity index (χ1v) is 7.67. The molecule has 20 heavy (non-hydrogen) atoms. The molecule has 0 radical (unpaired) electrons. The monoisotopic (exact) mass is 345 g/mol. The standard InChI is InChI=1S/C15H24BrNO3/c1-5-15(3,18)10-20-14-12(16)7-11(9-17-4)8-13(14)19-6-2/h7-8,17-18H,5-6,9-10H2,1-4H3. The molecule has 1 aromatic rings. The van der Waals surface area contributed by atoms with E-state index in [0.717, 1.165) is 16.6 Å². The predicted molar refractivity (Wildman–Crippen MR) is 84.5 cm³/mol. The Balaban J connectivity index is 2.98. The van der Waals surface area contributed by atoms with Crippen LogP contribution in [0.3, 0.4) is 0 Å².